The number of fused-ring (bicyclic) bond motifs is 6. The molecule has 3 aromatic carbocycles. The van der Waals surface area contributed by atoms with Gasteiger partial charge >= 0.3 is 11.9 Å². The number of benzene rings is 3. The third-order valence-corrected chi connectivity index (χ3v) is 6.82. The summed E-state index contributed by atoms with van der Waals surface area (Å²) < 4.78 is 11.7. The summed E-state index contributed by atoms with van der Waals surface area (Å²) in [5.74, 6) is -2.76. The molecule has 0 aliphatic carbocycles. The molecule has 2 aliphatic rings. The molecule has 3 N–H and O–H groups in total. The van der Waals surface area contributed by atoms with Crippen LogP contribution in [0.15, 0.2) is 30.3 Å². The molecule has 3 aromatic rings. The van der Waals surface area contributed by atoms with E-state index in [2.05, 4.69) is 0 Å². The molecule has 11 heteroatoms. The Morgan fingerprint density at radius 3 is 2.25 bits per heavy atom. The van der Waals surface area contributed by atoms with E-state index in [0.717, 1.165) is 0 Å². The van der Waals surface area contributed by atoms with Crippen LogP contribution in [0.3, 0.4) is 0 Å². The number of carboxylic acid groups (broad SMARTS) is 1. The lowest BCUT2D eigenvalue weighted by Gasteiger charge is -2.37. The molecular formula is C21H8Cl4O7. The number of aromatic carboxylic acids is 1. The van der Waals surface area contributed by atoms with E-state index in [0.29, 0.717) is 0 Å². The number of phenolic OH excluding ortho intramolecular Hbond substituents is 2. The van der Waals surface area contributed by atoms with Crippen LogP contribution >= 0.6 is 46.4 Å². The van der Waals surface area contributed by atoms with E-state index in [9.17, 15) is 24.9 Å². The summed E-state index contributed by atoms with van der Waals surface area (Å²) in [4.78, 5) is 24.8. The summed E-state index contributed by atoms with van der Waals surface area (Å²) in [7, 11) is 0. The minimum atomic E-state index is -1.85. The van der Waals surface area contributed by atoms with Crippen LogP contribution in [0.5, 0.6) is 23.0 Å². The molecule has 1 unspecified atom stereocenters. The first-order chi connectivity index (χ1) is 15.1. The Morgan fingerprint density at radius 1 is 0.875 bits per heavy atom. The second kappa shape index (κ2) is 6.83. The Labute approximate surface area is 199 Å². The number of aromatic hydroxyl groups is 2. The highest BCUT2D eigenvalue weighted by Gasteiger charge is 2.57. The SMILES string of the molecule is O=C(O)c1c(Cl)c(Cl)c2c(c1Cl)C(=O)OC21c2ccc(O)cc2Oc2cc(O)cc(Cl)c21. The number of carboxylic acids is 1. The third kappa shape index (κ3) is 2.56. The third-order valence-electron chi connectivity index (χ3n) is 5.29. The molecule has 0 saturated heterocycles. The second-order valence-corrected chi connectivity index (χ2v) is 8.57. The molecule has 0 radical (unpaired) electrons. The van der Waals surface area contributed by atoms with Gasteiger partial charge in [-0.1, -0.05) is 46.4 Å². The number of phenols is 2. The first-order valence-corrected chi connectivity index (χ1v) is 10.3. The molecule has 2 aliphatic heterocycles. The normalized spacial score (nSPS) is 17.9. The monoisotopic (exact) mass is 512 g/mol. The van der Waals surface area contributed by atoms with E-state index in [4.69, 9.17) is 55.9 Å². The molecule has 7 nitrogen and oxygen atoms in total. The van der Waals surface area contributed by atoms with Crippen molar-refractivity contribution in [3.63, 3.8) is 0 Å². The smallest absolute Gasteiger partial charge is 0.341 e. The molecule has 162 valence electrons. The van der Waals surface area contributed by atoms with Crippen molar-refractivity contribution in [1.29, 1.82) is 0 Å². The average molecular weight is 514 g/mol. The largest absolute Gasteiger partial charge is 0.508 e. The number of ether oxygens (including phenoxy) is 2. The fraction of sp³-hybridized carbons (Fsp3) is 0.0476. The molecule has 0 fully saturated rings. The van der Waals surface area contributed by atoms with Crippen LogP contribution in [0.25, 0.3) is 0 Å². The molecule has 0 bridgehead atoms. The van der Waals surface area contributed by atoms with Crippen molar-refractivity contribution in [2.24, 2.45) is 0 Å². The van der Waals surface area contributed by atoms with Gasteiger partial charge in [0, 0.05) is 23.3 Å². The predicted octanol–water partition coefficient (Wildman–Crippen LogP) is 5.98. The molecule has 5 rings (SSSR count). The van der Waals surface area contributed by atoms with Crippen molar-refractivity contribution < 1.29 is 34.4 Å². The van der Waals surface area contributed by atoms with Crippen LogP contribution in [0, 0.1) is 0 Å². The summed E-state index contributed by atoms with van der Waals surface area (Å²) in [5, 5.41) is 28.4. The van der Waals surface area contributed by atoms with Crippen molar-refractivity contribution in [2.45, 2.75) is 5.60 Å². The maximum atomic E-state index is 13.1. The Balaban J connectivity index is 2.00. The van der Waals surface area contributed by atoms with Crippen molar-refractivity contribution in [3.8, 4) is 23.0 Å². The number of hydrogen-bond acceptors (Lipinski definition) is 6. The molecule has 0 saturated carbocycles. The van der Waals surface area contributed by atoms with E-state index in [1.54, 1.807) is 0 Å². The van der Waals surface area contributed by atoms with Gasteiger partial charge in [0.2, 0.25) is 0 Å². The van der Waals surface area contributed by atoms with Crippen LogP contribution in [-0.4, -0.2) is 27.3 Å². The number of carbonyl (C=O) groups is 2. The van der Waals surface area contributed by atoms with Gasteiger partial charge in [0.1, 0.15) is 23.0 Å². The highest BCUT2D eigenvalue weighted by molar-refractivity contribution is 6.48. The number of hydrogen-bond donors (Lipinski definition) is 3. The maximum absolute atomic E-state index is 13.1. The Kier molecular flexibility index (Phi) is 4.49. The lowest BCUT2D eigenvalue weighted by Crippen LogP contribution is -2.33. The highest BCUT2D eigenvalue weighted by atomic mass is 35.5. The second-order valence-electron chi connectivity index (χ2n) is 7.03. The van der Waals surface area contributed by atoms with Crippen molar-refractivity contribution in [3.05, 3.63) is 78.2 Å². The van der Waals surface area contributed by atoms with Crippen LogP contribution < -0.4 is 4.74 Å². The summed E-state index contributed by atoms with van der Waals surface area (Å²) in [5.41, 5.74) is -2.40. The standard InChI is InChI=1S/C21H8Cl4O7/c22-9-3-7(27)5-11-14(9)21(8-2-1-6(26)4-10(8)31-11)15-12(20(30)32-21)16(23)13(19(28)29)17(24)18(15)25/h1-5,26-27H,(H,28,29). The van der Waals surface area contributed by atoms with Gasteiger partial charge in [-0.05, 0) is 18.2 Å². The average Bonchev–Trinajstić information content (AvgIpc) is 2.98. The Hall–Kier alpha value is -2.84. The molecule has 0 amide bonds. The first-order valence-electron chi connectivity index (χ1n) is 8.79. The highest BCUT2D eigenvalue weighted by Crippen LogP contribution is 2.62. The fourth-order valence-corrected chi connectivity index (χ4v) is 5.43. The van der Waals surface area contributed by atoms with Gasteiger partial charge in [-0.15, -0.1) is 0 Å². The van der Waals surface area contributed by atoms with Crippen molar-refractivity contribution in [1.82, 2.24) is 0 Å². The topological polar surface area (TPSA) is 113 Å². The molecule has 2 heterocycles. The minimum Gasteiger partial charge on any atom is -0.508 e. The Morgan fingerprint density at radius 2 is 1.56 bits per heavy atom. The van der Waals surface area contributed by atoms with Gasteiger partial charge in [-0.25, -0.2) is 9.59 Å². The Bertz CT molecular complexity index is 1400. The van der Waals surface area contributed by atoms with Crippen LogP contribution in [0.2, 0.25) is 20.1 Å². The quantitative estimate of drug-likeness (QED) is 0.271. The summed E-state index contributed by atoms with van der Waals surface area (Å²) in [6.45, 7) is 0. The molecule has 0 aromatic heterocycles. The fourth-order valence-electron chi connectivity index (χ4n) is 4.11. The van der Waals surface area contributed by atoms with Crippen molar-refractivity contribution in [2.75, 3.05) is 0 Å². The van der Waals surface area contributed by atoms with Crippen molar-refractivity contribution >= 4 is 58.3 Å². The predicted molar refractivity (Wildman–Crippen MR) is 115 cm³/mol. The molecular weight excluding hydrogens is 506 g/mol. The maximum Gasteiger partial charge on any atom is 0.341 e. The van der Waals surface area contributed by atoms with Crippen LogP contribution in [0.1, 0.15) is 37.4 Å². The summed E-state index contributed by atoms with van der Waals surface area (Å²) in [6, 6.07) is 6.49. The lowest BCUT2D eigenvalue weighted by atomic mass is 9.77. The zero-order valence-corrected chi connectivity index (χ0v) is 18.4. The number of esters is 1. The number of carbonyl (C=O) groups excluding carboxylic acids is 1. The number of rotatable bonds is 1. The lowest BCUT2D eigenvalue weighted by molar-refractivity contribution is 0.0225. The van der Waals surface area contributed by atoms with Gasteiger partial charge < -0.3 is 24.8 Å². The molecule has 1 atom stereocenters. The van der Waals surface area contributed by atoms with Gasteiger partial charge in [0.25, 0.3) is 0 Å². The van der Waals surface area contributed by atoms with Gasteiger partial charge in [0.05, 0.1) is 36.8 Å². The van der Waals surface area contributed by atoms with Crippen LogP contribution in [-0.2, 0) is 10.3 Å². The number of halogens is 4. The van der Waals surface area contributed by atoms with E-state index in [1.807, 2.05) is 0 Å². The van der Waals surface area contributed by atoms with E-state index in [1.165, 1.54) is 30.3 Å². The minimum absolute atomic E-state index is 0.0133. The van der Waals surface area contributed by atoms with E-state index >= 15 is 0 Å². The summed E-state index contributed by atoms with van der Waals surface area (Å²) >= 11 is 25.5. The van der Waals surface area contributed by atoms with Gasteiger partial charge in [-0.2, -0.15) is 0 Å². The van der Waals surface area contributed by atoms with E-state index in [-0.39, 0.29) is 55.3 Å². The zero-order valence-electron chi connectivity index (χ0n) is 15.4. The molecule has 32 heavy (non-hydrogen) atoms. The first kappa shape index (κ1) is 21.0. The summed E-state index contributed by atoms with van der Waals surface area (Å²) in [6.07, 6.45) is 0. The zero-order chi connectivity index (χ0) is 23.1. The van der Waals surface area contributed by atoms with E-state index < -0.39 is 33.1 Å². The molecule has 1 spiro atoms. The van der Waals surface area contributed by atoms with Gasteiger partial charge in [0.15, 0.2) is 5.60 Å². The van der Waals surface area contributed by atoms with Gasteiger partial charge in [-0.3, -0.25) is 0 Å². The van der Waals surface area contributed by atoms with Crippen LogP contribution in [0.4, 0.5) is 0 Å².